The standard InChI is InChI=1S/C18H23NO/c1-4-19-13-16-7-5-6-8-18(16)20-17-11-9-15(10-12-17)14(2)3/h5-12,14,19H,4,13H2,1-3H3. The van der Waals surface area contributed by atoms with Crippen LogP contribution in [0.25, 0.3) is 0 Å². The fourth-order valence-electron chi connectivity index (χ4n) is 2.06. The molecule has 0 aliphatic carbocycles. The van der Waals surface area contributed by atoms with E-state index in [1.54, 1.807) is 0 Å². The summed E-state index contributed by atoms with van der Waals surface area (Å²) in [6.07, 6.45) is 0. The predicted octanol–water partition coefficient (Wildman–Crippen LogP) is 4.71. The van der Waals surface area contributed by atoms with Crippen molar-refractivity contribution in [2.45, 2.75) is 33.2 Å². The summed E-state index contributed by atoms with van der Waals surface area (Å²) in [5.74, 6) is 2.36. The lowest BCUT2D eigenvalue weighted by atomic mass is 10.0. The maximum Gasteiger partial charge on any atom is 0.131 e. The molecule has 2 aromatic carbocycles. The Morgan fingerprint density at radius 1 is 1.00 bits per heavy atom. The molecule has 1 N–H and O–H groups in total. The maximum absolute atomic E-state index is 6.00. The summed E-state index contributed by atoms with van der Waals surface area (Å²) in [5.41, 5.74) is 2.51. The van der Waals surface area contributed by atoms with Crippen molar-refractivity contribution in [1.29, 1.82) is 0 Å². The Morgan fingerprint density at radius 2 is 1.70 bits per heavy atom. The van der Waals surface area contributed by atoms with E-state index in [0.717, 1.165) is 24.6 Å². The lowest BCUT2D eigenvalue weighted by Gasteiger charge is -2.12. The zero-order valence-electron chi connectivity index (χ0n) is 12.5. The highest BCUT2D eigenvalue weighted by Crippen LogP contribution is 2.26. The SMILES string of the molecule is CCNCc1ccccc1Oc1ccc(C(C)C)cc1. The van der Waals surface area contributed by atoms with Crippen molar-refractivity contribution in [1.82, 2.24) is 5.32 Å². The van der Waals surface area contributed by atoms with Crippen LogP contribution in [-0.2, 0) is 6.54 Å². The van der Waals surface area contributed by atoms with E-state index in [1.165, 1.54) is 11.1 Å². The van der Waals surface area contributed by atoms with Crippen LogP contribution >= 0.6 is 0 Å². The van der Waals surface area contributed by atoms with Gasteiger partial charge in [0.05, 0.1) is 0 Å². The van der Waals surface area contributed by atoms with E-state index in [2.05, 4.69) is 44.3 Å². The first-order valence-corrected chi connectivity index (χ1v) is 7.27. The fourth-order valence-corrected chi connectivity index (χ4v) is 2.06. The lowest BCUT2D eigenvalue weighted by molar-refractivity contribution is 0.473. The van der Waals surface area contributed by atoms with Gasteiger partial charge in [0.15, 0.2) is 0 Å². The molecule has 0 bridgehead atoms. The number of rotatable bonds is 6. The number of nitrogens with one attached hydrogen (secondary N) is 1. The molecule has 0 fully saturated rings. The summed E-state index contributed by atoms with van der Waals surface area (Å²) in [6, 6.07) is 16.5. The number of ether oxygens (including phenoxy) is 1. The van der Waals surface area contributed by atoms with Crippen LogP contribution < -0.4 is 10.1 Å². The molecule has 106 valence electrons. The monoisotopic (exact) mass is 269 g/mol. The Kier molecular flexibility index (Phi) is 5.19. The largest absolute Gasteiger partial charge is 0.457 e. The fraction of sp³-hybridized carbons (Fsp3) is 0.333. The summed E-state index contributed by atoms with van der Waals surface area (Å²) >= 11 is 0. The van der Waals surface area contributed by atoms with Gasteiger partial charge in [-0.05, 0) is 36.2 Å². The molecule has 0 amide bonds. The van der Waals surface area contributed by atoms with Crippen LogP contribution in [0, 0.1) is 0 Å². The van der Waals surface area contributed by atoms with Gasteiger partial charge in [-0.15, -0.1) is 0 Å². The zero-order chi connectivity index (χ0) is 14.4. The Morgan fingerprint density at radius 3 is 2.35 bits per heavy atom. The second kappa shape index (κ2) is 7.11. The van der Waals surface area contributed by atoms with Crippen molar-refractivity contribution >= 4 is 0 Å². The van der Waals surface area contributed by atoms with Crippen molar-refractivity contribution in [3.63, 3.8) is 0 Å². The zero-order valence-corrected chi connectivity index (χ0v) is 12.5. The first kappa shape index (κ1) is 14.6. The quantitative estimate of drug-likeness (QED) is 0.820. The van der Waals surface area contributed by atoms with Gasteiger partial charge in [0.25, 0.3) is 0 Å². The Labute approximate surface area is 121 Å². The lowest BCUT2D eigenvalue weighted by Crippen LogP contribution is -2.12. The van der Waals surface area contributed by atoms with E-state index in [0.29, 0.717) is 5.92 Å². The first-order chi connectivity index (χ1) is 9.70. The average Bonchev–Trinajstić information content (AvgIpc) is 2.47. The van der Waals surface area contributed by atoms with E-state index in [4.69, 9.17) is 4.74 Å². The summed E-state index contributed by atoms with van der Waals surface area (Å²) < 4.78 is 6.00. The van der Waals surface area contributed by atoms with Crippen LogP contribution in [0.1, 0.15) is 37.8 Å². The van der Waals surface area contributed by atoms with E-state index in [-0.39, 0.29) is 0 Å². The van der Waals surface area contributed by atoms with Gasteiger partial charge in [-0.3, -0.25) is 0 Å². The molecular formula is C18H23NO. The van der Waals surface area contributed by atoms with Crippen molar-refractivity contribution < 1.29 is 4.74 Å². The van der Waals surface area contributed by atoms with Gasteiger partial charge in [0, 0.05) is 12.1 Å². The molecule has 0 aromatic heterocycles. The summed E-state index contributed by atoms with van der Waals surface area (Å²) in [6.45, 7) is 8.28. The number of hydrogen-bond donors (Lipinski definition) is 1. The van der Waals surface area contributed by atoms with Crippen LogP contribution in [0.15, 0.2) is 48.5 Å². The van der Waals surface area contributed by atoms with Gasteiger partial charge >= 0.3 is 0 Å². The molecule has 0 aliphatic heterocycles. The topological polar surface area (TPSA) is 21.3 Å². The van der Waals surface area contributed by atoms with Gasteiger partial charge in [-0.25, -0.2) is 0 Å². The van der Waals surface area contributed by atoms with Crippen LogP contribution in [0.5, 0.6) is 11.5 Å². The highest BCUT2D eigenvalue weighted by atomic mass is 16.5. The van der Waals surface area contributed by atoms with Gasteiger partial charge in [-0.2, -0.15) is 0 Å². The molecule has 2 rings (SSSR count). The van der Waals surface area contributed by atoms with E-state index in [1.807, 2.05) is 30.3 Å². The molecule has 0 radical (unpaired) electrons. The van der Waals surface area contributed by atoms with Gasteiger partial charge in [0.1, 0.15) is 11.5 Å². The van der Waals surface area contributed by atoms with Crippen molar-refractivity contribution in [3.05, 3.63) is 59.7 Å². The van der Waals surface area contributed by atoms with Crippen molar-refractivity contribution in [2.75, 3.05) is 6.54 Å². The van der Waals surface area contributed by atoms with Crippen LogP contribution in [0.2, 0.25) is 0 Å². The minimum absolute atomic E-state index is 0.546. The molecule has 0 spiro atoms. The van der Waals surface area contributed by atoms with Crippen molar-refractivity contribution in [2.24, 2.45) is 0 Å². The molecule has 2 heteroatoms. The Bertz CT molecular complexity index is 531. The second-order valence-electron chi connectivity index (χ2n) is 5.21. The third kappa shape index (κ3) is 3.84. The summed E-state index contributed by atoms with van der Waals surface area (Å²) in [4.78, 5) is 0. The van der Waals surface area contributed by atoms with Gasteiger partial charge in [0.2, 0.25) is 0 Å². The minimum atomic E-state index is 0.546. The predicted molar refractivity (Wildman–Crippen MR) is 84.4 cm³/mol. The molecule has 2 nitrogen and oxygen atoms in total. The highest BCUT2D eigenvalue weighted by Gasteiger charge is 2.05. The van der Waals surface area contributed by atoms with Crippen LogP contribution in [0.4, 0.5) is 0 Å². The molecule has 20 heavy (non-hydrogen) atoms. The van der Waals surface area contributed by atoms with Crippen LogP contribution in [0.3, 0.4) is 0 Å². The summed E-state index contributed by atoms with van der Waals surface area (Å²) in [7, 11) is 0. The number of para-hydroxylation sites is 1. The number of benzene rings is 2. The third-order valence-corrected chi connectivity index (χ3v) is 3.31. The van der Waals surface area contributed by atoms with Crippen LogP contribution in [-0.4, -0.2) is 6.54 Å². The molecule has 0 unspecified atom stereocenters. The minimum Gasteiger partial charge on any atom is -0.457 e. The molecule has 0 saturated heterocycles. The third-order valence-electron chi connectivity index (χ3n) is 3.31. The van der Waals surface area contributed by atoms with Crippen molar-refractivity contribution in [3.8, 4) is 11.5 Å². The molecule has 2 aromatic rings. The maximum atomic E-state index is 6.00. The smallest absolute Gasteiger partial charge is 0.131 e. The normalized spacial score (nSPS) is 10.8. The Balaban J connectivity index is 2.13. The van der Waals surface area contributed by atoms with E-state index in [9.17, 15) is 0 Å². The number of hydrogen-bond acceptors (Lipinski definition) is 2. The molecule has 0 heterocycles. The van der Waals surface area contributed by atoms with Gasteiger partial charge in [-0.1, -0.05) is 51.1 Å². The second-order valence-corrected chi connectivity index (χ2v) is 5.21. The molecule has 0 atom stereocenters. The Hall–Kier alpha value is -1.80. The highest BCUT2D eigenvalue weighted by molar-refractivity contribution is 5.38. The summed E-state index contributed by atoms with van der Waals surface area (Å²) in [5, 5.41) is 3.33. The molecular weight excluding hydrogens is 246 g/mol. The average molecular weight is 269 g/mol. The molecule has 0 saturated carbocycles. The van der Waals surface area contributed by atoms with E-state index < -0.39 is 0 Å². The first-order valence-electron chi connectivity index (χ1n) is 7.27. The van der Waals surface area contributed by atoms with E-state index >= 15 is 0 Å². The molecule has 0 aliphatic rings. The van der Waals surface area contributed by atoms with Gasteiger partial charge < -0.3 is 10.1 Å².